The van der Waals surface area contributed by atoms with Gasteiger partial charge in [0.1, 0.15) is 12.2 Å². The van der Waals surface area contributed by atoms with E-state index in [2.05, 4.69) is 31.1 Å². The molecule has 0 saturated carbocycles. The number of rotatable bonds is 4. The number of nitrogens with zero attached hydrogens (tertiary/aromatic N) is 4. The third-order valence-corrected chi connectivity index (χ3v) is 3.78. The Hall–Kier alpha value is -1.95. The maximum absolute atomic E-state index is 5.34. The Kier molecular flexibility index (Phi) is 3.92. The summed E-state index contributed by atoms with van der Waals surface area (Å²) in [5.74, 6) is 1.65. The first-order valence-corrected chi connectivity index (χ1v) is 6.95. The first-order valence-electron chi connectivity index (χ1n) is 6.95. The minimum Gasteiger partial charge on any atom is -0.481 e. The number of pyridine rings is 1. The normalized spacial score (nSPS) is 19.9. The summed E-state index contributed by atoms with van der Waals surface area (Å²) in [6.07, 6.45) is 6.89. The second-order valence-corrected chi connectivity index (χ2v) is 5.02. The first kappa shape index (κ1) is 13.1. The van der Waals surface area contributed by atoms with Crippen LogP contribution in [0.5, 0.6) is 5.88 Å². The summed E-state index contributed by atoms with van der Waals surface area (Å²) in [6.45, 7) is 1.88. The minimum absolute atomic E-state index is 0.302. The summed E-state index contributed by atoms with van der Waals surface area (Å²) in [7, 11) is 1.66. The topological polar surface area (TPSA) is 66.9 Å². The van der Waals surface area contributed by atoms with Crippen LogP contribution in [0.1, 0.15) is 36.7 Å². The van der Waals surface area contributed by atoms with Gasteiger partial charge in [-0.15, -0.1) is 0 Å². The predicted molar refractivity (Wildman–Crippen MR) is 74.2 cm³/mol. The molecule has 1 aliphatic heterocycles. The molecule has 1 saturated heterocycles. The third kappa shape index (κ3) is 2.65. The van der Waals surface area contributed by atoms with Gasteiger partial charge in [-0.2, -0.15) is 5.10 Å². The summed E-state index contributed by atoms with van der Waals surface area (Å²) in [5.41, 5.74) is 1.11. The highest BCUT2D eigenvalue weighted by Crippen LogP contribution is 2.31. The Bertz CT molecular complexity index is 542. The Morgan fingerprint density at radius 1 is 1.40 bits per heavy atom. The van der Waals surface area contributed by atoms with Gasteiger partial charge in [-0.25, -0.2) is 9.97 Å². The summed E-state index contributed by atoms with van der Waals surface area (Å²) >= 11 is 0. The molecule has 106 valence electrons. The number of H-pyrrole nitrogens is 1. The van der Waals surface area contributed by atoms with Gasteiger partial charge >= 0.3 is 0 Å². The molecule has 0 amide bonds. The van der Waals surface area contributed by atoms with Gasteiger partial charge in [0.05, 0.1) is 13.2 Å². The number of methoxy groups -OCH3 is 1. The van der Waals surface area contributed by atoms with Gasteiger partial charge in [0, 0.05) is 18.3 Å². The van der Waals surface area contributed by atoms with Crippen LogP contribution >= 0.6 is 0 Å². The van der Waals surface area contributed by atoms with Gasteiger partial charge in [0.25, 0.3) is 0 Å². The Morgan fingerprint density at radius 2 is 2.35 bits per heavy atom. The van der Waals surface area contributed by atoms with Crippen molar-refractivity contribution in [3.63, 3.8) is 0 Å². The lowest BCUT2D eigenvalue weighted by Crippen LogP contribution is -2.33. The molecule has 3 heterocycles. The number of piperidine rings is 1. The molecule has 1 fully saturated rings. The number of likely N-dealkylation sites (tertiary alicyclic amines) is 1. The molecule has 0 bridgehead atoms. The monoisotopic (exact) mass is 273 g/mol. The van der Waals surface area contributed by atoms with E-state index < -0.39 is 0 Å². The lowest BCUT2D eigenvalue weighted by molar-refractivity contribution is 0.132. The van der Waals surface area contributed by atoms with Crippen molar-refractivity contribution in [1.82, 2.24) is 25.1 Å². The van der Waals surface area contributed by atoms with E-state index in [1.54, 1.807) is 19.6 Å². The van der Waals surface area contributed by atoms with Crippen LogP contribution in [0.25, 0.3) is 0 Å². The Balaban J connectivity index is 1.80. The van der Waals surface area contributed by atoms with Crippen molar-refractivity contribution in [2.75, 3.05) is 13.7 Å². The minimum atomic E-state index is 0.302. The highest BCUT2D eigenvalue weighted by Gasteiger charge is 2.26. The van der Waals surface area contributed by atoms with Gasteiger partial charge in [-0.05, 0) is 25.5 Å². The summed E-state index contributed by atoms with van der Waals surface area (Å²) in [4.78, 5) is 11.0. The Morgan fingerprint density at radius 3 is 3.15 bits per heavy atom. The number of nitrogens with one attached hydrogen (secondary N) is 1. The Labute approximate surface area is 118 Å². The van der Waals surface area contributed by atoms with E-state index in [4.69, 9.17) is 4.74 Å². The fourth-order valence-electron chi connectivity index (χ4n) is 2.81. The molecule has 3 rings (SSSR count). The van der Waals surface area contributed by atoms with E-state index in [0.717, 1.165) is 30.9 Å². The van der Waals surface area contributed by atoms with Gasteiger partial charge in [0.15, 0.2) is 0 Å². The van der Waals surface area contributed by atoms with Crippen LogP contribution in [0.3, 0.4) is 0 Å². The van der Waals surface area contributed by atoms with Gasteiger partial charge < -0.3 is 4.74 Å². The molecule has 0 spiro atoms. The smallest absolute Gasteiger partial charge is 0.217 e. The molecule has 6 heteroatoms. The van der Waals surface area contributed by atoms with Crippen molar-refractivity contribution in [2.24, 2.45) is 0 Å². The zero-order valence-corrected chi connectivity index (χ0v) is 11.6. The van der Waals surface area contributed by atoms with Gasteiger partial charge in [0.2, 0.25) is 5.88 Å². The molecule has 1 atom stereocenters. The summed E-state index contributed by atoms with van der Waals surface area (Å²) < 4.78 is 5.34. The zero-order valence-electron chi connectivity index (χ0n) is 11.6. The zero-order chi connectivity index (χ0) is 13.8. The second-order valence-electron chi connectivity index (χ2n) is 5.02. The van der Waals surface area contributed by atoms with Gasteiger partial charge in [-0.1, -0.05) is 12.5 Å². The largest absolute Gasteiger partial charge is 0.481 e. The van der Waals surface area contributed by atoms with Crippen molar-refractivity contribution < 1.29 is 4.74 Å². The molecule has 0 aromatic carbocycles. The summed E-state index contributed by atoms with van der Waals surface area (Å²) in [5, 5.41) is 6.97. The predicted octanol–water partition coefficient (Wildman–Crippen LogP) is 1.94. The van der Waals surface area contributed by atoms with Crippen molar-refractivity contribution in [2.45, 2.75) is 31.8 Å². The molecular weight excluding hydrogens is 254 g/mol. The van der Waals surface area contributed by atoms with Crippen LogP contribution in [0, 0.1) is 0 Å². The molecule has 0 radical (unpaired) electrons. The summed E-state index contributed by atoms with van der Waals surface area (Å²) in [6, 6.07) is 4.32. The molecule has 2 aromatic heterocycles. The quantitative estimate of drug-likeness (QED) is 0.922. The van der Waals surface area contributed by atoms with Crippen LogP contribution < -0.4 is 4.74 Å². The van der Waals surface area contributed by atoms with Crippen molar-refractivity contribution >= 4 is 0 Å². The fraction of sp³-hybridized carbons (Fsp3) is 0.500. The average Bonchev–Trinajstić information content (AvgIpc) is 3.02. The van der Waals surface area contributed by atoms with Crippen molar-refractivity contribution in [1.29, 1.82) is 0 Å². The molecule has 0 unspecified atom stereocenters. The standard InChI is InChI=1S/C14H19N5O/c1-20-14-11(5-4-7-15-14)9-19-8-3-2-6-12(19)13-16-10-17-18-13/h4-5,7,10,12H,2-3,6,8-9H2,1H3,(H,16,17,18)/t12-/m0/s1. The van der Waals surface area contributed by atoms with Crippen LogP contribution in [0.2, 0.25) is 0 Å². The van der Waals surface area contributed by atoms with Crippen LogP contribution in [-0.2, 0) is 6.54 Å². The molecule has 0 aliphatic carbocycles. The van der Waals surface area contributed by atoms with Gasteiger partial charge in [-0.3, -0.25) is 10.00 Å². The lowest BCUT2D eigenvalue weighted by Gasteiger charge is -2.34. The average molecular weight is 273 g/mol. The van der Waals surface area contributed by atoms with Crippen molar-refractivity contribution in [3.8, 4) is 5.88 Å². The molecular formula is C14H19N5O. The van der Waals surface area contributed by atoms with E-state index in [9.17, 15) is 0 Å². The molecule has 2 aromatic rings. The molecule has 1 aliphatic rings. The van der Waals surface area contributed by atoms with E-state index in [1.807, 2.05) is 6.07 Å². The second kappa shape index (κ2) is 6.00. The molecule has 6 nitrogen and oxygen atoms in total. The maximum atomic E-state index is 5.34. The van der Waals surface area contributed by atoms with Crippen LogP contribution in [0.4, 0.5) is 0 Å². The number of aromatic nitrogens is 4. The first-order chi connectivity index (χ1) is 9.88. The van der Waals surface area contributed by atoms with E-state index in [1.165, 1.54) is 12.8 Å². The van der Waals surface area contributed by atoms with E-state index in [-0.39, 0.29) is 0 Å². The number of ether oxygens (including phenoxy) is 1. The number of aromatic amines is 1. The highest BCUT2D eigenvalue weighted by atomic mass is 16.5. The maximum Gasteiger partial charge on any atom is 0.217 e. The SMILES string of the molecule is COc1ncccc1CN1CCCC[C@H]1c1ncn[nH]1. The van der Waals surface area contributed by atoms with Crippen molar-refractivity contribution in [3.05, 3.63) is 36.0 Å². The van der Waals surface area contributed by atoms with E-state index >= 15 is 0 Å². The van der Waals surface area contributed by atoms with Crippen LogP contribution in [-0.4, -0.2) is 38.7 Å². The highest BCUT2D eigenvalue weighted by molar-refractivity contribution is 5.25. The number of hydrogen-bond acceptors (Lipinski definition) is 5. The molecule has 1 N–H and O–H groups in total. The van der Waals surface area contributed by atoms with Crippen LogP contribution in [0.15, 0.2) is 24.7 Å². The molecule has 20 heavy (non-hydrogen) atoms. The van der Waals surface area contributed by atoms with E-state index in [0.29, 0.717) is 11.9 Å². The fourth-order valence-corrected chi connectivity index (χ4v) is 2.81. The lowest BCUT2D eigenvalue weighted by atomic mass is 10.0. The number of hydrogen-bond donors (Lipinski definition) is 1. The third-order valence-electron chi connectivity index (χ3n) is 3.78.